The number of hydrogen-bond acceptors (Lipinski definition) is 6. The van der Waals surface area contributed by atoms with E-state index in [0.29, 0.717) is 24.0 Å². The van der Waals surface area contributed by atoms with Gasteiger partial charge in [0, 0.05) is 6.32 Å². The van der Waals surface area contributed by atoms with Gasteiger partial charge in [0.1, 0.15) is 5.75 Å². The van der Waals surface area contributed by atoms with Gasteiger partial charge in [-0.25, -0.2) is 8.42 Å². The van der Waals surface area contributed by atoms with Crippen molar-refractivity contribution >= 4 is 23.0 Å². The number of phenols is 1. The lowest BCUT2D eigenvalue weighted by Gasteiger charge is -2.31. The van der Waals surface area contributed by atoms with Gasteiger partial charge in [0.25, 0.3) is 0 Å². The van der Waals surface area contributed by atoms with Crippen molar-refractivity contribution in [3.05, 3.63) is 46.5 Å². The van der Waals surface area contributed by atoms with E-state index >= 15 is 0 Å². The van der Waals surface area contributed by atoms with Gasteiger partial charge in [0.2, 0.25) is 0 Å². The average molecular weight is 378 g/mol. The third-order valence-corrected chi connectivity index (χ3v) is 6.99. The Morgan fingerprint density at radius 1 is 1.42 bits per heavy atom. The molecule has 2 aliphatic rings. The topological polar surface area (TPSA) is 104 Å². The molecule has 26 heavy (non-hydrogen) atoms. The SMILES string of the molecule is C/C(=C\c1cccc(O)c1)CC[C@H]1OB(O)C[C@H]2C1=C(CO)CS2(=O)=O. The van der Waals surface area contributed by atoms with Gasteiger partial charge < -0.3 is 19.9 Å². The lowest BCUT2D eigenvalue weighted by Crippen LogP contribution is -2.42. The second kappa shape index (κ2) is 7.56. The number of fused-ring (bicyclic) bond motifs is 1. The summed E-state index contributed by atoms with van der Waals surface area (Å²) in [5.41, 5.74) is 3.05. The van der Waals surface area contributed by atoms with Crippen LogP contribution < -0.4 is 0 Å². The van der Waals surface area contributed by atoms with Crippen LogP contribution in [0, 0.1) is 0 Å². The highest BCUT2D eigenvalue weighted by atomic mass is 32.2. The van der Waals surface area contributed by atoms with Crippen molar-refractivity contribution in [1.29, 1.82) is 0 Å². The predicted molar refractivity (Wildman–Crippen MR) is 100 cm³/mol. The number of benzene rings is 1. The van der Waals surface area contributed by atoms with E-state index in [1.807, 2.05) is 19.1 Å². The Kier molecular flexibility index (Phi) is 5.57. The molecule has 6 nitrogen and oxygen atoms in total. The van der Waals surface area contributed by atoms with Crippen LogP contribution in [0.4, 0.5) is 0 Å². The van der Waals surface area contributed by atoms with Crippen molar-refractivity contribution in [2.45, 2.75) is 37.4 Å². The van der Waals surface area contributed by atoms with Crippen LogP contribution in [0.2, 0.25) is 6.32 Å². The molecule has 3 N–H and O–H groups in total. The summed E-state index contributed by atoms with van der Waals surface area (Å²) >= 11 is 0. The van der Waals surface area contributed by atoms with E-state index in [0.717, 1.165) is 11.1 Å². The van der Waals surface area contributed by atoms with Crippen molar-refractivity contribution in [3.8, 4) is 5.75 Å². The van der Waals surface area contributed by atoms with Crippen molar-refractivity contribution in [1.82, 2.24) is 0 Å². The van der Waals surface area contributed by atoms with Gasteiger partial charge in [-0.15, -0.1) is 0 Å². The molecular weight excluding hydrogens is 355 g/mol. The van der Waals surface area contributed by atoms with Gasteiger partial charge in [-0.05, 0) is 48.6 Å². The Balaban J connectivity index is 1.76. The van der Waals surface area contributed by atoms with Gasteiger partial charge in [0.15, 0.2) is 9.84 Å². The molecule has 1 fully saturated rings. The lowest BCUT2D eigenvalue weighted by atomic mass is 9.74. The van der Waals surface area contributed by atoms with Crippen LogP contribution >= 0.6 is 0 Å². The number of rotatable bonds is 5. The summed E-state index contributed by atoms with van der Waals surface area (Å²) in [5, 5.41) is 28.3. The van der Waals surface area contributed by atoms with Crippen molar-refractivity contribution in [2.75, 3.05) is 12.4 Å². The van der Waals surface area contributed by atoms with Crippen LogP contribution in [-0.4, -0.2) is 54.5 Å². The molecule has 0 amide bonds. The predicted octanol–water partition coefficient (Wildman–Crippen LogP) is 1.54. The summed E-state index contributed by atoms with van der Waals surface area (Å²) in [7, 11) is -4.50. The molecule has 1 saturated heterocycles. The Labute approximate surface area is 153 Å². The summed E-state index contributed by atoms with van der Waals surface area (Å²) in [6, 6.07) is 6.92. The molecule has 3 rings (SSSR count). The third-order valence-electron chi connectivity index (χ3n) is 4.92. The molecule has 0 bridgehead atoms. The third kappa shape index (κ3) is 4.04. The second-order valence-electron chi connectivity index (χ2n) is 6.95. The van der Waals surface area contributed by atoms with Crippen molar-refractivity contribution in [3.63, 3.8) is 0 Å². The zero-order valence-corrected chi connectivity index (χ0v) is 15.4. The molecule has 1 aromatic carbocycles. The Morgan fingerprint density at radius 3 is 2.88 bits per heavy atom. The molecule has 0 saturated carbocycles. The normalized spacial score (nSPS) is 25.5. The number of aromatic hydroxyl groups is 1. The van der Waals surface area contributed by atoms with Crippen LogP contribution in [0.3, 0.4) is 0 Å². The summed E-state index contributed by atoms with van der Waals surface area (Å²) in [4.78, 5) is 0. The molecule has 0 aromatic heterocycles. The maximum atomic E-state index is 12.3. The maximum Gasteiger partial charge on any atom is 0.456 e. The minimum Gasteiger partial charge on any atom is -0.508 e. The summed E-state index contributed by atoms with van der Waals surface area (Å²) in [6.45, 7) is 1.65. The second-order valence-corrected chi connectivity index (χ2v) is 9.14. The number of sulfone groups is 1. The number of aliphatic hydroxyl groups is 1. The van der Waals surface area contributed by atoms with Crippen molar-refractivity contribution < 1.29 is 28.3 Å². The maximum absolute atomic E-state index is 12.3. The molecular formula is C18H23BO6S. The highest BCUT2D eigenvalue weighted by Crippen LogP contribution is 2.39. The average Bonchev–Trinajstić information content (AvgIpc) is 2.83. The monoisotopic (exact) mass is 378 g/mol. The van der Waals surface area contributed by atoms with Gasteiger partial charge in [-0.1, -0.05) is 23.8 Å². The first-order valence-corrected chi connectivity index (χ1v) is 10.4. The van der Waals surface area contributed by atoms with E-state index in [4.69, 9.17) is 4.65 Å². The minimum absolute atomic E-state index is 0.0236. The van der Waals surface area contributed by atoms with Crippen LogP contribution in [0.5, 0.6) is 5.75 Å². The van der Waals surface area contributed by atoms with E-state index in [9.17, 15) is 23.7 Å². The molecule has 2 aliphatic heterocycles. The van der Waals surface area contributed by atoms with Gasteiger partial charge in [0.05, 0.1) is 23.7 Å². The first-order valence-electron chi connectivity index (χ1n) is 8.64. The number of aliphatic hydroxyl groups excluding tert-OH is 1. The largest absolute Gasteiger partial charge is 0.508 e. The first kappa shape index (κ1) is 19.2. The fourth-order valence-electron chi connectivity index (χ4n) is 3.75. The van der Waals surface area contributed by atoms with Gasteiger partial charge in [-0.2, -0.15) is 0 Å². The van der Waals surface area contributed by atoms with Crippen LogP contribution in [0.1, 0.15) is 25.3 Å². The fourth-order valence-corrected chi connectivity index (χ4v) is 5.86. The molecule has 8 heteroatoms. The van der Waals surface area contributed by atoms with Gasteiger partial charge in [-0.3, -0.25) is 0 Å². The quantitative estimate of drug-likeness (QED) is 0.531. The molecule has 0 spiro atoms. The fraction of sp³-hybridized carbons (Fsp3) is 0.444. The Hall–Kier alpha value is -1.61. The Morgan fingerprint density at radius 2 is 2.19 bits per heavy atom. The van der Waals surface area contributed by atoms with Gasteiger partial charge >= 0.3 is 7.12 Å². The standard InChI is InChI=1S/C18H23BO6S/c1-12(7-13-3-2-4-15(21)8-13)5-6-16-18-14(10-20)11-26(23,24)17(18)9-19(22)25-16/h2-4,7-8,16-17,20-22H,5-6,9-11H2,1H3/b12-7+/t16-,17+/m1/s1. The first-order chi connectivity index (χ1) is 12.3. The number of hydrogen-bond donors (Lipinski definition) is 3. The van der Waals surface area contributed by atoms with Crippen LogP contribution in [-0.2, 0) is 14.5 Å². The Bertz CT molecular complexity index is 845. The van der Waals surface area contributed by atoms with Crippen LogP contribution in [0.25, 0.3) is 6.08 Å². The molecule has 2 atom stereocenters. The molecule has 140 valence electrons. The summed E-state index contributed by atoms with van der Waals surface area (Å²) in [6.07, 6.45) is 2.61. The zero-order chi connectivity index (χ0) is 18.9. The summed E-state index contributed by atoms with van der Waals surface area (Å²) in [5.74, 6) is 0.0378. The van der Waals surface area contributed by atoms with E-state index in [1.165, 1.54) is 0 Å². The summed E-state index contributed by atoms with van der Waals surface area (Å²) < 4.78 is 30.2. The zero-order valence-electron chi connectivity index (χ0n) is 14.6. The number of phenolic OH excluding ortho intramolecular Hbond substituents is 1. The molecule has 2 heterocycles. The highest BCUT2D eigenvalue weighted by molar-refractivity contribution is 7.92. The van der Waals surface area contributed by atoms with E-state index < -0.39 is 28.3 Å². The molecule has 0 aliphatic carbocycles. The van der Waals surface area contributed by atoms with E-state index in [1.54, 1.807) is 18.2 Å². The molecule has 0 radical (unpaired) electrons. The molecule has 1 aromatic rings. The van der Waals surface area contributed by atoms with Crippen LogP contribution in [0.15, 0.2) is 41.0 Å². The number of allylic oxidation sites excluding steroid dienone is 1. The van der Waals surface area contributed by atoms with E-state index in [-0.39, 0.29) is 24.4 Å². The van der Waals surface area contributed by atoms with E-state index in [2.05, 4.69) is 0 Å². The lowest BCUT2D eigenvalue weighted by molar-refractivity contribution is 0.168. The highest BCUT2D eigenvalue weighted by Gasteiger charge is 2.48. The smallest absolute Gasteiger partial charge is 0.456 e. The van der Waals surface area contributed by atoms with Crippen molar-refractivity contribution in [2.24, 2.45) is 0 Å². The minimum atomic E-state index is -3.38. The molecule has 0 unspecified atom stereocenters.